The largest absolute Gasteiger partial charge is 0.507 e. The Morgan fingerprint density at radius 3 is 2.67 bits per heavy atom. The summed E-state index contributed by atoms with van der Waals surface area (Å²) in [7, 11) is 0. The molecule has 0 spiro atoms. The van der Waals surface area contributed by atoms with Crippen LogP contribution in [0.1, 0.15) is 29.7 Å². The van der Waals surface area contributed by atoms with Crippen molar-refractivity contribution in [3.63, 3.8) is 0 Å². The topological polar surface area (TPSA) is 103 Å². The normalized spacial score (nSPS) is 17.2. The molecule has 3 aromatic carbocycles. The number of aromatic amines is 1. The monoisotopic (exact) mass is 502 g/mol. The van der Waals surface area contributed by atoms with E-state index in [1.807, 2.05) is 24.3 Å². The number of nitrogens with one attached hydrogen (secondary N) is 1. The smallest absolute Gasteiger partial charge is 0.300 e. The molecule has 1 saturated heterocycles. The van der Waals surface area contributed by atoms with Crippen LogP contribution in [-0.2, 0) is 9.59 Å². The summed E-state index contributed by atoms with van der Waals surface area (Å²) >= 11 is 6.36. The van der Waals surface area contributed by atoms with Gasteiger partial charge in [-0.05, 0) is 55.3 Å². The van der Waals surface area contributed by atoms with Gasteiger partial charge in [0.1, 0.15) is 5.76 Å². The average molecular weight is 503 g/mol. The number of amides is 1. The van der Waals surface area contributed by atoms with Crippen molar-refractivity contribution in [3.05, 3.63) is 94.1 Å². The number of ketones is 1. The number of para-hydroxylation sites is 1. The fraction of sp³-hybridized carbons (Fsp3) is 0.143. The van der Waals surface area contributed by atoms with Crippen molar-refractivity contribution >= 4 is 45.6 Å². The zero-order valence-electron chi connectivity index (χ0n) is 19.6. The number of aliphatic hydroxyl groups is 1. The minimum Gasteiger partial charge on any atom is -0.507 e. The van der Waals surface area contributed by atoms with E-state index in [0.29, 0.717) is 39.4 Å². The molecule has 1 amide bonds. The van der Waals surface area contributed by atoms with Gasteiger partial charge in [0.05, 0.1) is 18.2 Å². The number of halogens is 1. The molecule has 1 aliphatic heterocycles. The third-order valence-corrected chi connectivity index (χ3v) is 6.80. The summed E-state index contributed by atoms with van der Waals surface area (Å²) in [6.45, 7) is 3.85. The van der Waals surface area contributed by atoms with Crippen LogP contribution in [0.2, 0.25) is 5.02 Å². The molecule has 0 saturated carbocycles. The van der Waals surface area contributed by atoms with E-state index >= 15 is 0 Å². The summed E-state index contributed by atoms with van der Waals surface area (Å²) in [5.41, 5.74) is 2.65. The van der Waals surface area contributed by atoms with Crippen molar-refractivity contribution in [2.75, 3.05) is 11.5 Å². The van der Waals surface area contributed by atoms with Crippen molar-refractivity contribution in [1.82, 2.24) is 4.98 Å². The number of carbonyl (C=O) groups excluding carboxylic acids is 2. The Bertz CT molecular complexity index is 1550. The van der Waals surface area contributed by atoms with Crippen molar-refractivity contribution in [3.8, 4) is 11.5 Å². The van der Waals surface area contributed by atoms with Gasteiger partial charge in [-0.25, -0.2) is 0 Å². The Kier molecular flexibility index (Phi) is 5.94. The first-order valence-electron chi connectivity index (χ1n) is 11.4. The molecule has 182 valence electrons. The van der Waals surface area contributed by atoms with E-state index in [4.69, 9.17) is 16.3 Å². The predicted molar refractivity (Wildman–Crippen MR) is 139 cm³/mol. The average Bonchev–Trinajstić information content (AvgIpc) is 3.41. The first kappa shape index (κ1) is 23.5. The molecule has 2 heterocycles. The molecule has 36 heavy (non-hydrogen) atoms. The van der Waals surface area contributed by atoms with E-state index in [9.17, 15) is 19.8 Å². The second kappa shape index (κ2) is 9.09. The Morgan fingerprint density at radius 1 is 1.11 bits per heavy atom. The van der Waals surface area contributed by atoms with Gasteiger partial charge in [-0.3, -0.25) is 14.5 Å². The first-order chi connectivity index (χ1) is 17.3. The van der Waals surface area contributed by atoms with E-state index in [2.05, 4.69) is 4.98 Å². The number of rotatable bonds is 5. The Labute approximate surface area is 212 Å². The molecule has 8 heteroatoms. The number of H-pyrrole nitrogens is 1. The number of phenolic OH excluding ortho intramolecular Hbond substituents is 1. The maximum Gasteiger partial charge on any atom is 0.300 e. The zero-order chi connectivity index (χ0) is 25.6. The van der Waals surface area contributed by atoms with Gasteiger partial charge in [-0.15, -0.1) is 0 Å². The third-order valence-electron chi connectivity index (χ3n) is 6.39. The van der Waals surface area contributed by atoms with Gasteiger partial charge >= 0.3 is 0 Å². The predicted octanol–water partition coefficient (Wildman–Crippen LogP) is 5.86. The second-order valence-electron chi connectivity index (χ2n) is 8.46. The lowest BCUT2D eigenvalue weighted by Crippen LogP contribution is -2.30. The third kappa shape index (κ3) is 3.69. The van der Waals surface area contributed by atoms with Gasteiger partial charge in [0, 0.05) is 33.4 Å². The van der Waals surface area contributed by atoms with Gasteiger partial charge in [0.15, 0.2) is 11.5 Å². The van der Waals surface area contributed by atoms with Crippen LogP contribution in [0.3, 0.4) is 0 Å². The number of aromatic hydroxyl groups is 1. The number of nitrogens with zero attached hydrogens (tertiary/aromatic N) is 1. The van der Waals surface area contributed by atoms with Gasteiger partial charge in [0.25, 0.3) is 11.7 Å². The lowest BCUT2D eigenvalue weighted by molar-refractivity contribution is -0.132. The fourth-order valence-electron chi connectivity index (χ4n) is 4.64. The molecule has 0 bridgehead atoms. The summed E-state index contributed by atoms with van der Waals surface area (Å²) in [4.78, 5) is 31.4. The van der Waals surface area contributed by atoms with E-state index in [1.165, 1.54) is 11.0 Å². The minimum absolute atomic E-state index is 0.0720. The lowest BCUT2D eigenvalue weighted by atomic mass is 9.94. The number of Topliss-reactive ketones (excluding diaryl/α,β-unsaturated/α-hetero) is 1. The van der Waals surface area contributed by atoms with Gasteiger partial charge < -0.3 is 19.9 Å². The van der Waals surface area contributed by atoms with Gasteiger partial charge in [-0.1, -0.05) is 41.9 Å². The van der Waals surface area contributed by atoms with Crippen LogP contribution in [0.15, 0.2) is 72.4 Å². The standard InChI is InChI=1S/C28H23ClN2O5/c1-3-36-23-13-16(11-12-22(23)32)25-24(26(33)18-14-30-20-9-5-4-7-17(18)20)27(34)28(35)31(25)21-10-6-8-19(29)15(21)2/h4-14,25,30,32-33H,3H2,1-2H3/b26-24-. The van der Waals surface area contributed by atoms with E-state index in [-0.39, 0.29) is 22.8 Å². The molecule has 0 radical (unpaired) electrons. The van der Waals surface area contributed by atoms with Crippen LogP contribution in [0.25, 0.3) is 16.7 Å². The number of fused-ring (bicyclic) bond motifs is 1. The Hall–Kier alpha value is -4.23. The van der Waals surface area contributed by atoms with Crippen molar-refractivity contribution < 1.29 is 24.5 Å². The molecule has 0 aliphatic carbocycles. The number of benzene rings is 3. The fourth-order valence-corrected chi connectivity index (χ4v) is 4.81. The molecule has 7 nitrogen and oxygen atoms in total. The van der Waals surface area contributed by atoms with Crippen LogP contribution in [0.4, 0.5) is 5.69 Å². The zero-order valence-corrected chi connectivity index (χ0v) is 20.3. The van der Waals surface area contributed by atoms with Crippen LogP contribution in [-0.4, -0.2) is 33.5 Å². The highest BCUT2D eigenvalue weighted by Crippen LogP contribution is 2.46. The summed E-state index contributed by atoms with van der Waals surface area (Å²) in [5.74, 6) is -1.79. The highest BCUT2D eigenvalue weighted by atomic mass is 35.5. The number of aromatic nitrogens is 1. The van der Waals surface area contributed by atoms with Crippen LogP contribution >= 0.6 is 11.6 Å². The number of hydrogen-bond donors (Lipinski definition) is 3. The Balaban J connectivity index is 1.79. The number of carbonyl (C=O) groups is 2. The number of phenols is 1. The van der Waals surface area contributed by atoms with E-state index < -0.39 is 17.7 Å². The number of ether oxygens (including phenoxy) is 1. The summed E-state index contributed by atoms with van der Waals surface area (Å²) in [6, 6.07) is 16.1. The number of hydrogen-bond acceptors (Lipinski definition) is 5. The Morgan fingerprint density at radius 2 is 1.89 bits per heavy atom. The summed E-state index contributed by atoms with van der Waals surface area (Å²) in [5, 5.41) is 22.9. The molecule has 1 unspecified atom stereocenters. The van der Waals surface area contributed by atoms with E-state index in [0.717, 1.165) is 5.52 Å². The van der Waals surface area contributed by atoms with Crippen LogP contribution in [0, 0.1) is 6.92 Å². The van der Waals surface area contributed by atoms with Crippen molar-refractivity contribution in [1.29, 1.82) is 0 Å². The van der Waals surface area contributed by atoms with Crippen LogP contribution < -0.4 is 9.64 Å². The highest BCUT2D eigenvalue weighted by molar-refractivity contribution is 6.52. The van der Waals surface area contributed by atoms with Gasteiger partial charge in [-0.2, -0.15) is 0 Å². The van der Waals surface area contributed by atoms with Gasteiger partial charge in [0.2, 0.25) is 0 Å². The van der Waals surface area contributed by atoms with Crippen LogP contribution in [0.5, 0.6) is 11.5 Å². The molecule has 1 aromatic heterocycles. The summed E-state index contributed by atoms with van der Waals surface area (Å²) in [6.07, 6.45) is 1.61. The molecule has 1 aliphatic rings. The molecule has 4 aromatic rings. The SMILES string of the molecule is CCOc1cc(C2/C(=C(/O)c3c[nH]c4ccccc34)C(=O)C(=O)N2c2cccc(Cl)c2C)ccc1O. The maximum absolute atomic E-state index is 13.5. The van der Waals surface area contributed by atoms with Crippen molar-refractivity contribution in [2.24, 2.45) is 0 Å². The molecule has 1 fully saturated rings. The molecular formula is C28H23ClN2O5. The first-order valence-corrected chi connectivity index (χ1v) is 11.8. The highest BCUT2D eigenvalue weighted by Gasteiger charge is 2.47. The maximum atomic E-state index is 13.5. The minimum atomic E-state index is -0.990. The quantitative estimate of drug-likeness (QED) is 0.180. The molecule has 5 rings (SSSR count). The second-order valence-corrected chi connectivity index (χ2v) is 8.87. The number of aliphatic hydroxyl groups excluding tert-OH is 1. The molecule has 3 N–H and O–H groups in total. The summed E-state index contributed by atoms with van der Waals surface area (Å²) < 4.78 is 5.56. The molecule has 1 atom stereocenters. The van der Waals surface area contributed by atoms with Crippen molar-refractivity contribution in [2.45, 2.75) is 19.9 Å². The van der Waals surface area contributed by atoms with E-state index in [1.54, 1.807) is 50.4 Å². The molecular weight excluding hydrogens is 480 g/mol. The number of anilines is 1. The lowest BCUT2D eigenvalue weighted by Gasteiger charge is -2.27.